The Morgan fingerprint density at radius 2 is 0.854 bits per heavy atom. The van der Waals surface area contributed by atoms with Crippen molar-refractivity contribution in [3.05, 3.63) is 122 Å². The number of unbranched alkanes of at least 4 members (excludes halogenated alkanes) is 18. The monoisotopic (exact) mass is 1150 g/mol. The molecule has 2 rings (SSSR count). The SMILES string of the molecule is CC/C=C\C/C=C\C/C=C\C/C=C\C/C=C\C/C=C\C/C=C\C/C=C\CCCCCCCCCCC(=O)NC(COC1OC(CO)C(OC2OC(CO)C(O)C(O)C2O)C(O)C1O)C(O)/C=C/CC/C=C/CCCCCCCCCCC. The van der Waals surface area contributed by atoms with Gasteiger partial charge in [0, 0.05) is 6.42 Å². The molecule has 2 aliphatic rings. The predicted octanol–water partition coefficient (Wildman–Crippen LogP) is 11.8. The van der Waals surface area contributed by atoms with E-state index in [0.717, 1.165) is 96.3 Å². The van der Waals surface area contributed by atoms with Crippen LogP contribution in [0.3, 0.4) is 0 Å². The maximum absolute atomic E-state index is 13.3. The highest BCUT2D eigenvalue weighted by molar-refractivity contribution is 5.76. The number of rotatable bonds is 49. The molecule has 0 aliphatic carbocycles. The van der Waals surface area contributed by atoms with Gasteiger partial charge in [0.25, 0.3) is 0 Å². The van der Waals surface area contributed by atoms with Gasteiger partial charge in [-0.25, -0.2) is 0 Å². The summed E-state index contributed by atoms with van der Waals surface area (Å²) in [6, 6.07) is -0.945. The number of aliphatic hydroxyl groups excluding tert-OH is 8. The Morgan fingerprint density at radius 1 is 0.451 bits per heavy atom. The second-order valence-electron chi connectivity index (χ2n) is 21.8. The molecule has 0 saturated carbocycles. The van der Waals surface area contributed by atoms with E-state index in [-0.39, 0.29) is 18.9 Å². The van der Waals surface area contributed by atoms with Gasteiger partial charge in [0.05, 0.1) is 32.0 Å². The summed E-state index contributed by atoms with van der Waals surface area (Å²) in [5.41, 5.74) is 0. The Balaban J connectivity index is 1.70. The zero-order valence-corrected chi connectivity index (χ0v) is 50.4. The molecule has 12 atom stereocenters. The van der Waals surface area contributed by atoms with E-state index in [2.05, 4.69) is 129 Å². The van der Waals surface area contributed by atoms with Crippen molar-refractivity contribution in [3.63, 3.8) is 0 Å². The first kappa shape index (κ1) is 74.5. The summed E-state index contributed by atoms with van der Waals surface area (Å²) in [6.45, 7) is 2.64. The summed E-state index contributed by atoms with van der Waals surface area (Å²) >= 11 is 0. The summed E-state index contributed by atoms with van der Waals surface area (Å²) in [5.74, 6) is -0.264. The highest BCUT2D eigenvalue weighted by Gasteiger charge is 2.51. The topological polar surface area (TPSA) is 228 Å². The van der Waals surface area contributed by atoms with Gasteiger partial charge in [-0.1, -0.05) is 225 Å². The van der Waals surface area contributed by atoms with Crippen molar-refractivity contribution in [1.29, 1.82) is 0 Å². The lowest BCUT2D eigenvalue weighted by Crippen LogP contribution is -2.65. The quantitative estimate of drug-likeness (QED) is 0.0204. The van der Waals surface area contributed by atoms with Crippen LogP contribution in [0.2, 0.25) is 0 Å². The van der Waals surface area contributed by atoms with Crippen molar-refractivity contribution in [2.24, 2.45) is 0 Å². The third kappa shape index (κ3) is 36.3. The second kappa shape index (κ2) is 51.8. The highest BCUT2D eigenvalue weighted by atomic mass is 16.7. The van der Waals surface area contributed by atoms with Gasteiger partial charge < -0.3 is 65.1 Å². The highest BCUT2D eigenvalue weighted by Crippen LogP contribution is 2.30. The molecule has 0 aromatic carbocycles. The average Bonchev–Trinajstić information content (AvgIpc) is 3.60. The molecule has 14 nitrogen and oxygen atoms in total. The van der Waals surface area contributed by atoms with Crippen molar-refractivity contribution in [1.82, 2.24) is 5.32 Å². The minimum atomic E-state index is -1.80. The number of hydrogen-bond acceptors (Lipinski definition) is 13. The standard InChI is InChI=1S/C68H113NO13/c1-3-5-7-9-11-13-15-17-19-20-21-22-23-24-25-26-27-28-29-30-31-32-33-34-35-36-38-40-42-44-46-48-50-52-60(73)69-56(57(72)51-49-47-45-43-41-39-37-18-16-14-12-10-8-6-4-2)55-79-67-65(78)63(76)66(59(54-71)81-67)82-68-64(77)62(75)61(74)58(53-70)80-68/h5,7,11,13,17,19,21-22,24-25,27-28,30-31,33-34,41,43,49,51,56-59,61-68,70-72,74-78H,3-4,6,8-10,12,14-16,18,20,23,26,29,32,35-40,42,44-48,50,52-55H2,1-2H3,(H,69,73)/b7-5-,13-11-,19-17-,22-21-,25-24-,28-27-,31-30-,34-33-,43-41+,51-49+. The fourth-order valence-electron chi connectivity index (χ4n) is 9.56. The number of hydrogen-bond donors (Lipinski definition) is 9. The van der Waals surface area contributed by atoms with Gasteiger partial charge in [0.15, 0.2) is 12.6 Å². The minimum absolute atomic E-state index is 0.255. The second-order valence-corrected chi connectivity index (χ2v) is 21.8. The Morgan fingerprint density at radius 3 is 1.34 bits per heavy atom. The Bertz CT molecular complexity index is 1840. The van der Waals surface area contributed by atoms with Gasteiger partial charge in [-0.15, -0.1) is 0 Å². The summed E-state index contributed by atoms with van der Waals surface area (Å²) in [6.07, 6.45) is 58.1. The molecule has 0 aromatic heterocycles. The van der Waals surface area contributed by atoms with Crippen LogP contribution in [0.5, 0.6) is 0 Å². The lowest BCUT2D eigenvalue weighted by atomic mass is 9.97. The van der Waals surface area contributed by atoms with E-state index in [9.17, 15) is 45.6 Å². The fourth-order valence-corrected chi connectivity index (χ4v) is 9.56. The zero-order valence-electron chi connectivity index (χ0n) is 50.4. The minimum Gasteiger partial charge on any atom is -0.394 e. The smallest absolute Gasteiger partial charge is 0.220 e. The summed E-state index contributed by atoms with van der Waals surface area (Å²) in [4.78, 5) is 13.3. The van der Waals surface area contributed by atoms with Crippen LogP contribution in [0.25, 0.3) is 0 Å². The molecule has 0 bridgehead atoms. The van der Waals surface area contributed by atoms with Crippen LogP contribution < -0.4 is 5.32 Å². The van der Waals surface area contributed by atoms with Crippen molar-refractivity contribution < 1.29 is 64.6 Å². The third-order valence-corrected chi connectivity index (χ3v) is 14.6. The van der Waals surface area contributed by atoms with Crippen LogP contribution in [0.15, 0.2) is 122 Å². The van der Waals surface area contributed by atoms with E-state index in [4.69, 9.17) is 18.9 Å². The first-order valence-electron chi connectivity index (χ1n) is 31.8. The first-order valence-corrected chi connectivity index (χ1v) is 31.8. The third-order valence-electron chi connectivity index (χ3n) is 14.6. The summed E-state index contributed by atoms with van der Waals surface area (Å²) < 4.78 is 22.8. The van der Waals surface area contributed by atoms with Crippen LogP contribution in [0, 0.1) is 0 Å². The summed E-state index contributed by atoms with van der Waals surface area (Å²) in [5, 5.41) is 87.1. The van der Waals surface area contributed by atoms with Gasteiger partial charge >= 0.3 is 0 Å². The lowest BCUT2D eigenvalue weighted by Gasteiger charge is -2.46. The molecular weight excluding hydrogens is 1040 g/mol. The molecule has 2 heterocycles. The fraction of sp³-hybridized carbons (Fsp3) is 0.691. The number of allylic oxidation sites excluding steroid dienone is 19. The maximum Gasteiger partial charge on any atom is 0.220 e. The molecule has 9 N–H and O–H groups in total. The molecule has 1 amide bonds. The van der Waals surface area contributed by atoms with Crippen molar-refractivity contribution in [2.45, 2.75) is 280 Å². The number of nitrogens with one attached hydrogen (secondary N) is 1. The van der Waals surface area contributed by atoms with E-state index >= 15 is 0 Å². The zero-order chi connectivity index (χ0) is 59.5. The molecular formula is C68H113NO13. The molecule has 2 fully saturated rings. The molecule has 2 aliphatic heterocycles. The molecule has 82 heavy (non-hydrogen) atoms. The van der Waals surface area contributed by atoms with Crippen LogP contribution in [0.1, 0.15) is 206 Å². The van der Waals surface area contributed by atoms with E-state index in [1.165, 1.54) is 77.0 Å². The number of aliphatic hydroxyl groups is 8. The number of ether oxygens (including phenoxy) is 4. The molecule has 12 unspecified atom stereocenters. The van der Waals surface area contributed by atoms with E-state index in [1.54, 1.807) is 6.08 Å². The molecule has 2 saturated heterocycles. The van der Waals surface area contributed by atoms with Crippen LogP contribution in [0.4, 0.5) is 0 Å². The largest absolute Gasteiger partial charge is 0.394 e. The van der Waals surface area contributed by atoms with E-state index < -0.39 is 86.8 Å². The van der Waals surface area contributed by atoms with Gasteiger partial charge in [-0.3, -0.25) is 4.79 Å². The first-order chi connectivity index (χ1) is 40.1. The van der Waals surface area contributed by atoms with Crippen molar-refractivity contribution in [2.75, 3.05) is 19.8 Å². The predicted molar refractivity (Wildman–Crippen MR) is 332 cm³/mol. The molecule has 0 radical (unpaired) electrons. The number of amides is 1. The van der Waals surface area contributed by atoms with Crippen LogP contribution in [-0.4, -0.2) is 140 Å². The Kier molecular flexibility index (Phi) is 47.0. The maximum atomic E-state index is 13.3. The summed E-state index contributed by atoms with van der Waals surface area (Å²) in [7, 11) is 0. The molecule has 14 heteroatoms. The molecule has 0 aromatic rings. The number of carbonyl (C=O) groups is 1. The normalized spacial score (nSPS) is 24.8. The molecule has 468 valence electrons. The Labute approximate surface area is 495 Å². The lowest BCUT2D eigenvalue weighted by molar-refractivity contribution is -0.359. The van der Waals surface area contributed by atoms with E-state index in [1.807, 2.05) is 6.08 Å². The molecule has 0 spiro atoms. The van der Waals surface area contributed by atoms with Crippen molar-refractivity contribution >= 4 is 5.91 Å². The van der Waals surface area contributed by atoms with Crippen LogP contribution in [-0.2, 0) is 23.7 Å². The average molecular weight is 1150 g/mol. The van der Waals surface area contributed by atoms with Gasteiger partial charge in [-0.2, -0.15) is 0 Å². The van der Waals surface area contributed by atoms with Crippen LogP contribution >= 0.6 is 0 Å². The van der Waals surface area contributed by atoms with Gasteiger partial charge in [0.1, 0.15) is 48.8 Å². The van der Waals surface area contributed by atoms with E-state index in [0.29, 0.717) is 12.8 Å². The number of carbonyl (C=O) groups excluding carboxylic acids is 1. The Hall–Kier alpha value is -3.61. The van der Waals surface area contributed by atoms with Gasteiger partial charge in [-0.05, 0) is 96.3 Å². The van der Waals surface area contributed by atoms with Crippen molar-refractivity contribution in [3.8, 4) is 0 Å². The van der Waals surface area contributed by atoms with Gasteiger partial charge in [0.2, 0.25) is 5.91 Å².